The number of carbonyl (C=O) groups is 1. The van der Waals surface area contributed by atoms with E-state index in [0.717, 1.165) is 18.9 Å². The molecule has 0 radical (unpaired) electrons. The number of nitrogens with one attached hydrogen (secondary N) is 1. The smallest absolute Gasteiger partial charge is 0.328 e. The summed E-state index contributed by atoms with van der Waals surface area (Å²) in [5, 5.41) is 8.49. The van der Waals surface area contributed by atoms with Crippen molar-refractivity contribution in [1.29, 1.82) is 0 Å². The summed E-state index contributed by atoms with van der Waals surface area (Å²) in [4.78, 5) is 10.6. The van der Waals surface area contributed by atoms with Gasteiger partial charge in [-0.15, -0.1) is 0 Å². The number of aliphatic carboxylic acids is 1. The van der Waals surface area contributed by atoms with Crippen LogP contribution in [-0.2, 0) is 14.8 Å². The molecule has 5 nitrogen and oxygen atoms in total. The van der Waals surface area contributed by atoms with E-state index in [-0.39, 0.29) is 4.90 Å². The second kappa shape index (κ2) is 5.54. The van der Waals surface area contributed by atoms with Crippen molar-refractivity contribution in [1.82, 2.24) is 4.72 Å². The van der Waals surface area contributed by atoms with Gasteiger partial charge in [-0.1, -0.05) is 12.1 Å². The van der Waals surface area contributed by atoms with Crippen molar-refractivity contribution in [3.05, 3.63) is 35.9 Å². The summed E-state index contributed by atoms with van der Waals surface area (Å²) in [6.07, 6.45) is 4.59. The van der Waals surface area contributed by atoms with Crippen molar-refractivity contribution < 1.29 is 18.3 Å². The Bertz CT molecular complexity index is 586. The standard InChI is InChI=1S/C13H15NO4S/c15-13(16)8-5-10-3-6-12(7-4-10)19(17,18)14-9-11-1-2-11/h3-8,11,14H,1-2,9H2,(H,15,16)/b8-5+. The van der Waals surface area contributed by atoms with Gasteiger partial charge in [0.2, 0.25) is 10.0 Å². The highest BCUT2D eigenvalue weighted by Gasteiger charge is 2.24. The van der Waals surface area contributed by atoms with Crippen LogP contribution in [0, 0.1) is 5.92 Å². The van der Waals surface area contributed by atoms with Gasteiger partial charge in [-0.25, -0.2) is 17.9 Å². The molecule has 0 saturated heterocycles. The molecule has 0 spiro atoms. The maximum absolute atomic E-state index is 11.9. The molecule has 0 heterocycles. The molecule has 1 fully saturated rings. The Morgan fingerprint density at radius 3 is 2.47 bits per heavy atom. The number of carboxylic acid groups (broad SMARTS) is 1. The van der Waals surface area contributed by atoms with E-state index in [9.17, 15) is 13.2 Å². The Hall–Kier alpha value is -1.66. The Kier molecular flexibility index (Phi) is 4.01. The lowest BCUT2D eigenvalue weighted by Gasteiger charge is -2.06. The van der Waals surface area contributed by atoms with Gasteiger partial charge in [0.25, 0.3) is 0 Å². The monoisotopic (exact) mass is 281 g/mol. The normalized spacial score (nSPS) is 15.8. The highest BCUT2D eigenvalue weighted by molar-refractivity contribution is 7.89. The number of carboxylic acids is 1. The summed E-state index contributed by atoms with van der Waals surface area (Å²) in [5.74, 6) is -0.560. The van der Waals surface area contributed by atoms with E-state index in [4.69, 9.17) is 5.11 Å². The van der Waals surface area contributed by atoms with Crippen LogP contribution in [0.4, 0.5) is 0 Å². The molecular formula is C13H15NO4S. The molecule has 1 aliphatic rings. The van der Waals surface area contributed by atoms with Crippen molar-refractivity contribution >= 4 is 22.1 Å². The van der Waals surface area contributed by atoms with Gasteiger partial charge in [0.1, 0.15) is 0 Å². The first-order valence-corrected chi connectivity index (χ1v) is 7.46. The Balaban J connectivity index is 2.05. The van der Waals surface area contributed by atoms with Crippen molar-refractivity contribution in [3.63, 3.8) is 0 Å². The van der Waals surface area contributed by atoms with Crippen molar-refractivity contribution in [2.45, 2.75) is 17.7 Å². The van der Waals surface area contributed by atoms with E-state index < -0.39 is 16.0 Å². The molecule has 0 amide bonds. The number of hydrogen-bond acceptors (Lipinski definition) is 3. The van der Waals surface area contributed by atoms with Gasteiger partial charge in [-0.2, -0.15) is 0 Å². The lowest BCUT2D eigenvalue weighted by Crippen LogP contribution is -2.25. The van der Waals surface area contributed by atoms with Crippen LogP contribution in [-0.4, -0.2) is 26.0 Å². The first-order valence-electron chi connectivity index (χ1n) is 5.98. The minimum atomic E-state index is -3.45. The van der Waals surface area contributed by atoms with E-state index in [1.807, 2.05) is 0 Å². The third kappa shape index (κ3) is 4.18. The molecule has 1 aromatic carbocycles. The van der Waals surface area contributed by atoms with Crippen molar-refractivity contribution in [2.75, 3.05) is 6.54 Å². The van der Waals surface area contributed by atoms with Gasteiger partial charge in [0.05, 0.1) is 4.90 Å². The van der Waals surface area contributed by atoms with E-state index in [0.29, 0.717) is 18.0 Å². The predicted octanol–water partition coefficient (Wildman–Crippen LogP) is 1.47. The van der Waals surface area contributed by atoms with E-state index >= 15 is 0 Å². The minimum Gasteiger partial charge on any atom is -0.478 e. The minimum absolute atomic E-state index is 0.195. The van der Waals surface area contributed by atoms with Gasteiger partial charge in [0.15, 0.2) is 0 Å². The summed E-state index contributed by atoms with van der Waals surface area (Å²) in [5.41, 5.74) is 0.642. The van der Waals surface area contributed by atoms with E-state index in [2.05, 4.69) is 4.72 Å². The zero-order valence-corrected chi connectivity index (χ0v) is 11.1. The highest BCUT2D eigenvalue weighted by Crippen LogP contribution is 2.28. The molecular weight excluding hydrogens is 266 g/mol. The van der Waals surface area contributed by atoms with Gasteiger partial charge in [0, 0.05) is 12.6 Å². The van der Waals surface area contributed by atoms with Crippen LogP contribution in [0.3, 0.4) is 0 Å². The molecule has 0 aliphatic heterocycles. The van der Waals surface area contributed by atoms with Gasteiger partial charge < -0.3 is 5.11 Å². The maximum atomic E-state index is 11.9. The highest BCUT2D eigenvalue weighted by atomic mass is 32.2. The molecule has 2 N–H and O–H groups in total. The van der Waals surface area contributed by atoms with E-state index in [1.165, 1.54) is 18.2 Å². The summed E-state index contributed by atoms with van der Waals surface area (Å²) in [6, 6.07) is 6.09. The van der Waals surface area contributed by atoms with Crippen molar-refractivity contribution in [2.24, 2.45) is 5.92 Å². The first-order chi connectivity index (χ1) is 8.97. The predicted molar refractivity (Wildman–Crippen MR) is 71.0 cm³/mol. The molecule has 0 aromatic heterocycles. The van der Waals surface area contributed by atoms with Crippen LogP contribution in [0.1, 0.15) is 18.4 Å². The van der Waals surface area contributed by atoms with Gasteiger partial charge in [-0.3, -0.25) is 0 Å². The van der Waals surface area contributed by atoms with Crippen LogP contribution >= 0.6 is 0 Å². The third-order valence-electron chi connectivity index (χ3n) is 2.87. The summed E-state index contributed by atoms with van der Waals surface area (Å²) in [7, 11) is -3.45. The third-order valence-corrected chi connectivity index (χ3v) is 4.31. The molecule has 0 unspecified atom stereocenters. The Morgan fingerprint density at radius 1 is 1.32 bits per heavy atom. The number of benzene rings is 1. The summed E-state index contributed by atoms with van der Waals surface area (Å²) in [6.45, 7) is 0.489. The average Bonchev–Trinajstić information content (AvgIpc) is 3.18. The topological polar surface area (TPSA) is 83.5 Å². The van der Waals surface area contributed by atoms with Crippen molar-refractivity contribution in [3.8, 4) is 0 Å². The maximum Gasteiger partial charge on any atom is 0.328 e. The van der Waals surface area contributed by atoms with Crippen LogP contribution in [0.25, 0.3) is 6.08 Å². The van der Waals surface area contributed by atoms with Crippen LogP contribution in [0.15, 0.2) is 35.2 Å². The quantitative estimate of drug-likeness (QED) is 0.773. The average molecular weight is 281 g/mol. The lowest BCUT2D eigenvalue weighted by atomic mass is 10.2. The molecule has 1 aliphatic carbocycles. The summed E-state index contributed by atoms with van der Waals surface area (Å²) < 4.78 is 26.4. The SMILES string of the molecule is O=C(O)/C=C/c1ccc(S(=O)(=O)NCC2CC2)cc1. The molecule has 102 valence electrons. The summed E-state index contributed by atoms with van der Waals surface area (Å²) >= 11 is 0. The van der Waals surface area contributed by atoms with Gasteiger partial charge in [-0.05, 0) is 42.5 Å². The molecule has 6 heteroatoms. The zero-order chi connectivity index (χ0) is 13.9. The molecule has 19 heavy (non-hydrogen) atoms. The largest absolute Gasteiger partial charge is 0.478 e. The van der Waals surface area contributed by atoms with Gasteiger partial charge >= 0.3 is 5.97 Å². The number of sulfonamides is 1. The van der Waals surface area contributed by atoms with Crippen LogP contribution in [0.5, 0.6) is 0 Å². The Labute approximate surface area is 112 Å². The number of rotatable bonds is 6. The molecule has 0 bridgehead atoms. The fourth-order valence-corrected chi connectivity index (χ4v) is 2.67. The molecule has 0 atom stereocenters. The number of hydrogen-bond donors (Lipinski definition) is 2. The molecule has 1 aromatic rings. The Morgan fingerprint density at radius 2 is 1.95 bits per heavy atom. The van der Waals surface area contributed by atoms with E-state index in [1.54, 1.807) is 12.1 Å². The van der Waals surface area contributed by atoms with Crippen LogP contribution < -0.4 is 4.72 Å². The molecule has 2 rings (SSSR count). The lowest BCUT2D eigenvalue weighted by molar-refractivity contribution is -0.131. The fraction of sp³-hybridized carbons (Fsp3) is 0.308. The fourth-order valence-electron chi connectivity index (χ4n) is 1.56. The second-order valence-electron chi connectivity index (χ2n) is 4.54. The molecule has 1 saturated carbocycles. The second-order valence-corrected chi connectivity index (χ2v) is 6.30. The first kappa shape index (κ1) is 13.8. The van der Waals surface area contributed by atoms with Crippen LogP contribution in [0.2, 0.25) is 0 Å². The zero-order valence-electron chi connectivity index (χ0n) is 10.2.